The fraction of sp³-hybridized carbons (Fsp3) is 0.591. The molecule has 0 aliphatic carbocycles. The number of furan rings is 1. The normalized spacial score (nSPS) is 25.1. The maximum atomic E-state index is 13.4. The van der Waals surface area contributed by atoms with Crippen molar-refractivity contribution in [3.05, 3.63) is 30.0 Å². The van der Waals surface area contributed by atoms with E-state index in [1.54, 1.807) is 12.1 Å². The van der Waals surface area contributed by atoms with Gasteiger partial charge >= 0.3 is 0 Å². The van der Waals surface area contributed by atoms with Gasteiger partial charge in [0.2, 0.25) is 0 Å². The van der Waals surface area contributed by atoms with E-state index < -0.39 is 5.92 Å². The molecule has 1 amide bonds. The molecule has 1 aromatic carbocycles. The van der Waals surface area contributed by atoms with Gasteiger partial charge < -0.3 is 14.1 Å². The largest absolute Gasteiger partial charge is 0.490 e. The van der Waals surface area contributed by atoms with Crippen molar-refractivity contribution in [2.24, 2.45) is 0 Å². The number of benzene rings is 1. The van der Waals surface area contributed by atoms with Gasteiger partial charge in [-0.1, -0.05) is 22.6 Å². The Morgan fingerprint density at radius 1 is 1.23 bits per heavy atom. The number of hydrogen-bond donors (Lipinski definition) is 0. The highest BCUT2D eigenvalue weighted by molar-refractivity contribution is 14.1. The highest BCUT2D eigenvalue weighted by Gasteiger charge is 2.36. The van der Waals surface area contributed by atoms with Crippen LogP contribution in [0.25, 0.3) is 11.0 Å². The van der Waals surface area contributed by atoms with Crippen molar-refractivity contribution < 1.29 is 22.7 Å². The first-order valence-electron chi connectivity index (χ1n) is 10.5. The molecular formula is C22H27F2IN2O3. The number of carbonyl (C=O) groups is 1. The van der Waals surface area contributed by atoms with E-state index in [1.165, 1.54) is 4.90 Å². The number of amides is 1. The molecule has 0 spiro atoms. The second-order valence-electron chi connectivity index (χ2n) is 8.49. The van der Waals surface area contributed by atoms with E-state index in [-0.39, 0.29) is 43.7 Å². The lowest BCUT2D eigenvalue weighted by atomic mass is 10.1. The minimum absolute atomic E-state index is 0.0454. The van der Waals surface area contributed by atoms with Crippen LogP contribution in [-0.4, -0.2) is 57.5 Å². The summed E-state index contributed by atoms with van der Waals surface area (Å²) in [5.74, 6) is -2.08. The van der Waals surface area contributed by atoms with E-state index in [1.807, 2.05) is 12.1 Å². The van der Waals surface area contributed by atoms with E-state index >= 15 is 0 Å². The van der Waals surface area contributed by atoms with Gasteiger partial charge in [0, 0.05) is 50.3 Å². The Kier molecular flexibility index (Phi) is 6.25. The lowest BCUT2D eigenvalue weighted by Crippen LogP contribution is -2.46. The molecule has 2 aliphatic heterocycles. The highest BCUT2D eigenvalue weighted by Crippen LogP contribution is 2.32. The molecule has 0 N–H and O–H groups in total. The summed E-state index contributed by atoms with van der Waals surface area (Å²) >= 11 is 2.48. The fourth-order valence-electron chi connectivity index (χ4n) is 4.18. The zero-order chi connectivity index (χ0) is 21.5. The lowest BCUT2D eigenvalue weighted by molar-refractivity contribution is -0.0498. The second-order valence-corrected chi connectivity index (χ2v) is 9.93. The van der Waals surface area contributed by atoms with Crippen LogP contribution < -0.4 is 4.74 Å². The summed E-state index contributed by atoms with van der Waals surface area (Å²) in [5.41, 5.74) is 0.592. The Morgan fingerprint density at radius 2 is 1.97 bits per heavy atom. The van der Waals surface area contributed by atoms with Gasteiger partial charge in [-0.15, -0.1) is 0 Å². The van der Waals surface area contributed by atoms with Gasteiger partial charge in [-0.2, -0.15) is 0 Å². The first kappa shape index (κ1) is 21.8. The molecule has 4 rings (SSSR count). The van der Waals surface area contributed by atoms with Crippen molar-refractivity contribution in [2.75, 3.05) is 19.6 Å². The number of ether oxygens (including phenoxy) is 1. The topological polar surface area (TPSA) is 45.9 Å². The van der Waals surface area contributed by atoms with Crippen LogP contribution in [0.4, 0.5) is 8.78 Å². The van der Waals surface area contributed by atoms with E-state index in [4.69, 9.17) is 9.15 Å². The van der Waals surface area contributed by atoms with Gasteiger partial charge in [-0.05, 0) is 44.5 Å². The Balaban J connectivity index is 1.42. The van der Waals surface area contributed by atoms with E-state index in [9.17, 15) is 13.6 Å². The number of alkyl halides is 3. The molecular weight excluding hydrogens is 505 g/mol. The summed E-state index contributed by atoms with van der Waals surface area (Å²) in [7, 11) is 0. The molecule has 2 aromatic rings. The van der Waals surface area contributed by atoms with Gasteiger partial charge in [0.05, 0.1) is 4.05 Å². The van der Waals surface area contributed by atoms with Gasteiger partial charge in [0.1, 0.15) is 17.4 Å². The molecule has 5 nitrogen and oxygen atoms in total. The third-order valence-electron chi connectivity index (χ3n) is 5.97. The van der Waals surface area contributed by atoms with Crippen LogP contribution in [0.5, 0.6) is 5.75 Å². The first-order valence-corrected chi connectivity index (χ1v) is 11.7. The van der Waals surface area contributed by atoms with Crippen LogP contribution in [-0.2, 0) is 0 Å². The number of piperidine rings is 2. The van der Waals surface area contributed by atoms with Crippen molar-refractivity contribution in [3.63, 3.8) is 0 Å². The smallest absolute Gasteiger partial charge is 0.289 e. The van der Waals surface area contributed by atoms with Gasteiger partial charge in [-0.25, -0.2) is 8.78 Å². The Labute approximate surface area is 188 Å². The maximum Gasteiger partial charge on any atom is 0.289 e. The van der Waals surface area contributed by atoms with Crippen molar-refractivity contribution >= 4 is 39.5 Å². The minimum Gasteiger partial charge on any atom is -0.490 e. The standard InChI is InChI=1S/C22H27F2IN2O3/c1-14(2)27-8-5-17(13-20(27)25)29-16-3-4-18-15(11-16)12-19(30-18)21(28)26-9-6-22(23,24)7-10-26/h3-4,11-12,14,17,20H,5-10,13H2,1-2H3. The number of halogens is 3. The van der Waals surface area contributed by atoms with E-state index in [2.05, 4.69) is 41.3 Å². The third kappa shape index (κ3) is 4.74. The molecule has 2 saturated heterocycles. The highest BCUT2D eigenvalue weighted by atomic mass is 127. The molecule has 0 saturated carbocycles. The van der Waals surface area contributed by atoms with E-state index in [0.29, 0.717) is 15.7 Å². The second kappa shape index (κ2) is 8.61. The molecule has 2 atom stereocenters. The van der Waals surface area contributed by atoms with E-state index in [0.717, 1.165) is 30.5 Å². The number of likely N-dealkylation sites (tertiary alicyclic amines) is 2. The molecule has 1 aromatic heterocycles. The van der Waals surface area contributed by atoms with Gasteiger partial charge in [0.25, 0.3) is 11.8 Å². The van der Waals surface area contributed by atoms with Crippen LogP contribution >= 0.6 is 22.6 Å². The average molecular weight is 532 g/mol. The van der Waals surface area contributed by atoms with Crippen LogP contribution in [0.2, 0.25) is 0 Å². The van der Waals surface area contributed by atoms with Crippen LogP contribution in [0, 0.1) is 0 Å². The SMILES string of the molecule is CC(C)N1CCC(Oc2ccc3oc(C(=O)N4CCC(F)(F)CC4)cc3c2)CC1I. The first-order chi connectivity index (χ1) is 14.2. The molecule has 3 heterocycles. The summed E-state index contributed by atoms with van der Waals surface area (Å²) in [6.45, 7) is 5.53. The van der Waals surface area contributed by atoms with Crippen molar-refractivity contribution in [1.82, 2.24) is 9.80 Å². The number of nitrogens with zero attached hydrogens (tertiary/aromatic N) is 2. The van der Waals surface area contributed by atoms with Crippen molar-refractivity contribution in [2.45, 2.75) is 61.6 Å². The predicted octanol–water partition coefficient (Wildman–Crippen LogP) is 5.32. The summed E-state index contributed by atoms with van der Waals surface area (Å²) < 4.78 is 39.1. The van der Waals surface area contributed by atoms with Gasteiger partial charge in [0.15, 0.2) is 5.76 Å². The minimum atomic E-state index is -2.68. The maximum absolute atomic E-state index is 13.4. The van der Waals surface area contributed by atoms with Crippen molar-refractivity contribution in [1.29, 1.82) is 0 Å². The summed E-state index contributed by atoms with van der Waals surface area (Å²) in [6, 6.07) is 7.75. The molecule has 0 bridgehead atoms. The van der Waals surface area contributed by atoms with Gasteiger partial charge in [-0.3, -0.25) is 9.69 Å². The quantitative estimate of drug-likeness (QED) is 0.304. The molecule has 2 aliphatic rings. The lowest BCUT2D eigenvalue weighted by Gasteiger charge is -2.38. The zero-order valence-corrected chi connectivity index (χ0v) is 19.4. The molecule has 0 radical (unpaired) electrons. The number of carbonyl (C=O) groups excluding carboxylic acids is 1. The molecule has 164 valence electrons. The van der Waals surface area contributed by atoms with Crippen LogP contribution in [0.15, 0.2) is 28.7 Å². The number of fused-ring (bicyclic) bond motifs is 1. The van der Waals surface area contributed by atoms with Crippen molar-refractivity contribution in [3.8, 4) is 5.75 Å². The Bertz CT molecular complexity index is 907. The average Bonchev–Trinajstić information content (AvgIpc) is 3.10. The summed E-state index contributed by atoms with van der Waals surface area (Å²) in [6.07, 6.45) is 1.49. The Morgan fingerprint density at radius 3 is 2.63 bits per heavy atom. The molecule has 2 fully saturated rings. The Hall–Kier alpha value is -1.42. The summed E-state index contributed by atoms with van der Waals surface area (Å²) in [4.78, 5) is 16.6. The summed E-state index contributed by atoms with van der Waals surface area (Å²) in [5, 5.41) is 0.781. The monoisotopic (exact) mass is 532 g/mol. The van der Waals surface area contributed by atoms with Crippen LogP contribution in [0.3, 0.4) is 0 Å². The third-order valence-corrected chi connectivity index (χ3v) is 7.20. The number of rotatable bonds is 4. The van der Waals surface area contributed by atoms with Crippen LogP contribution in [0.1, 0.15) is 50.1 Å². The predicted molar refractivity (Wildman–Crippen MR) is 120 cm³/mol. The molecule has 8 heteroatoms. The fourth-order valence-corrected chi connectivity index (χ4v) is 5.67. The molecule has 2 unspecified atom stereocenters. The molecule has 30 heavy (non-hydrogen) atoms. The zero-order valence-electron chi connectivity index (χ0n) is 17.2. The number of hydrogen-bond acceptors (Lipinski definition) is 4.